The fourth-order valence-corrected chi connectivity index (χ4v) is 14.7. The molecule has 1 heterocycles. The van der Waals surface area contributed by atoms with Crippen molar-refractivity contribution in [2.45, 2.75) is 5.41 Å². The minimum absolute atomic E-state index is 0.695. The van der Waals surface area contributed by atoms with Crippen molar-refractivity contribution in [3.8, 4) is 66.8 Å². The first-order chi connectivity index (χ1) is 40.7. The molecule has 16 rings (SSSR count). The molecule has 2 nitrogen and oxygen atoms in total. The second-order valence-corrected chi connectivity index (χ2v) is 22.6. The summed E-state index contributed by atoms with van der Waals surface area (Å²) in [6.45, 7) is 0. The first-order valence-electron chi connectivity index (χ1n) is 28.2. The lowest BCUT2D eigenvalue weighted by molar-refractivity contribution is 0.794. The lowest BCUT2D eigenvalue weighted by Gasteiger charge is -2.33. The summed E-state index contributed by atoms with van der Waals surface area (Å²) in [5, 5.41) is 2.61. The fourth-order valence-electron chi connectivity index (χ4n) is 13.4. The average Bonchev–Trinajstić information content (AvgIpc) is 4.06. The summed E-state index contributed by atoms with van der Waals surface area (Å²) in [7, 11) is 0. The molecule has 0 saturated heterocycles. The molecule has 1 aromatic heterocycles. The fraction of sp³-hybridized carbons (Fsp3) is 0.0127. The van der Waals surface area contributed by atoms with Gasteiger partial charge in [-0.2, -0.15) is 0 Å². The van der Waals surface area contributed by atoms with Gasteiger partial charge in [0.25, 0.3) is 0 Å². The summed E-state index contributed by atoms with van der Waals surface area (Å²) in [4.78, 5) is 4.94. The number of thiophene rings is 1. The van der Waals surface area contributed by atoms with Crippen LogP contribution in [0.25, 0.3) is 86.9 Å². The van der Waals surface area contributed by atoms with Gasteiger partial charge in [-0.15, -0.1) is 11.3 Å². The first kappa shape index (κ1) is 47.7. The zero-order valence-electron chi connectivity index (χ0n) is 44.8. The highest BCUT2D eigenvalue weighted by molar-refractivity contribution is 7.26. The average molecular weight is 1060 g/mol. The Labute approximate surface area is 482 Å². The standard InChI is InChI=1S/C79H52N2S/c1-5-21-53(22-6-1)57-29-17-33-61(47-57)80(62-34-18-30-58(48-62)54-23-7-2-8-24-54)65-41-43-67-68-44-42-66(81(63-35-19-31-59(49-63)55-25-9-3-10-26-55)64-36-20-32-60(50-64)56-27-11-4-12-28-56)52-75(68)79(74(67)51-65)72-39-15-13-38-71(72)77-73(79)46-45-70-69-37-14-16-40-76(69)82-78(70)77/h1-52H. The normalized spacial score (nSPS) is 12.5. The maximum absolute atomic E-state index is 2.53. The van der Waals surface area contributed by atoms with E-state index in [0.29, 0.717) is 0 Å². The Kier molecular flexibility index (Phi) is 11.3. The highest BCUT2D eigenvalue weighted by Crippen LogP contribution is 2.66. The zero-order valence-corrected chi connectivity index (χ0v) is 45.6. The number of nitrogens with zero attached hydrogens (tertiary/aromatic N) is 2. The lowest BCUT2D eigenvalue weighted by atomic mass is 9.70. The third kappa shape index (κ3) is 7.69. The van der Waals surface area contributed by atoms with Crippen molar-refractivity contribution < 1.29 is 0 Å². The van der Waals surface area contributed by atoms with Crippen LogP contribution in [0.15, 0.2) is 315 Å². The topological polar surface area (TPSA) is 6.48 Å². The third-order valence-electron chi connectivity index (χ3n) is 17.0. The van der Waals surface area contributed by atoms with Crippen LogP contribution in [0.4, 0.5) is 34.1 Å². The van der Waals surface area contributed by atoms with Crippen LogP contribution in [0.3, 0.4) is 0 Å². The molecule has 14 aromatic rings. The Morgan fingerprint density at radius 2 is 0.610 bits per heavy atom. The number of rotatable bonds is 10. The van der Waals surface area contributed by atoms with Gasteiger partial charge in [0.2, 0.25) is 0 Å². The largest absolute Gasteiger partial charge is 0.310 e. The number of benzene rings is 13. The monoisotopic (exact) mass is 1060 g/mol. The molecule has 0 fully saturated rings. The van der Waals surface area contributed by atoms with Crippen molar-refractivity contribution in [3.63, 3.8) is 0 Å². The van der Waals surface area contributed by atoms with Gasteiger partial charge in [-0.3, -0.25) is 0 Å². The van der Waals surface area contributed by atoms with E-state index >= 15 is 0 Å². The summed E-state index contributed by atoms with van der Waals surface area (Å²) in [5.74, 6) is 0. The van der Waals surface area contributed by atoms with Crippen molar-refractivity contribution in [1.82, 2.24) is 0 Å². The van der Waals surface area contributed by atoms with Crippen LogP contribution >= 0.6 is 11.3 Å². The quantitative estimate of drug-likeness (QED) is 0.135. The number of anilines is 6. The van der Waals surface area contributed by atoms with E-state index in [1.54, 1.807) is 0 Å². The smallest absolute Gasteiger partial charge is 0.0727 e. The van der Waals surface area contributed by atoms with Gasteiger partial charge >= 0.3 is 0 Å². The maximum atomic E-state index is 2.53. The highest BCUT2D eigenvalue weighted by Gasteiger charge is 2.53. The number of hydrogen-bond acceptors (Lipinski definition) is 3. The molecule has 2 aliphatic rings. The molecule has 0 bridgehead atoms. The van der Waals surface area contributed by atoms with Crippen LogP contribution < -0.4 is 9.80 Å². The Hall–Kier alpha value is -10.3. The molecule has 0 unspecified atom stereocenters. The van der Waals surface area contributed by atoms with Crippen LogP contribution in [0.5, 0.6) is 0 Å². The van der Waals surface area contributed by atoms with E-state index in [1.807, 2.05) is 11.3 Å². The molecule has 3 heteroatoms. The van der Waals surface area contributed by atoms with Crippen molar-refractivity contribution in [3.05, 3.63) is 338 Å². The molecule has 2 aliphatic carbocycles. The van der Waals surface area contributed by atoms with E-state index in [-0.39, 0.29) is 0 Å². The molecular weight excluding hydrogens is 1010 g/mol. The third-order valence-corrected chi connectivity index (χ3v) is 18.2. The Morgan fingerprint density at radius 3 is 1.06 bits per heavy atom. The highest BCUT2D eigenvalue weighted by atomic mass is 32.1. The van der Waals surface area contributed by atoms with Crippen LogP contribution in [0.1, 0.15) is 22.3 Å². The Bertz CT molecular complexity index is 4370. The predicted molar refractivity (Wildman–Crippen MR) is 347 cm³/mol. The second-order valence-electron chi connectivity index (χ2n) is 21.6. The lowest BCUT2D eigenvalue weighted by Crippen LogP contribution is -2.26. The summed E-state index contributed by atoms with van der Waals surface area (Å²) in [6, 6.07) is 117. The van der Waals surface area contributed by atoms with Crippen LogP contribution in [-0.4, -0.2) is 0 Å². The molecule has 0 atom stereocenters. The van der Waals surface area contributed by atoms with Gasteiger partial charge < -0.3 is 9.80 Å². The first-order valence-corrected chi connectivity index (χ1v) is 29.0. The maximum Gasteiger partial charge on any atom is 0.0727 e. The van der Waals surface area contributed by atoms with Crippen molar-refractivity contribution in [1.29, 1.82) is 0 Å². The van der Waals surface area contributed by atoms with E-state index < -0.39 is 5.41 Å². The van der Waals surface area contributed by atoms with Gasteiger partial charge in [-0.1, -0.05) is 237 Å². The second kappa shape index (κ2) is 19.5. The minimum atomic E-state index is -0.695. The summed E-state index contributed by atoms with van der Waals surface area (Å²) >= 11 is 1.92. The number of fused-ring (bicyclic) bond motifs is 14. The van der Waals surface area contributed by atoms with Gasteiger partial charge in [0, 0.05) is 59.9 Å². The van der Waals surface area contributed by atoms with Gasteiger partial charge in [0.05, 0.1) is 5.41 Å². The molecule has 0 saturated carbocycles. The molecule has 384 valence electrons. The summed E-state index contributed by atoms with van der Waals surface area (Å²) in [5.41, 5.74) is 25.5. The van der Waals surface area contributed by atoms with E-state index in [0.717, 1.165) is 34.1 Å². The van der Waals surface area contributed by atoms with E-state index in [9.17, 15) is 0 Å². The van der Waals surface area contributed by atoms with Crippen molar-refractivity contribution in [2.75, 3.05) is 9.80 Å². The molecule has 82 heavy (non-hydrogen) atoms. The summed E-state index contributed by atoms with van der Waals surface area (Å²) < 4.78 is 2.64. The SMILES string of the molecule is c1ccc(-c2cccc(N(c3cccc(-c4ccccc4)c3)c3ccc4c(c3)C3(c5cc(N(c6cccc(-c7ccccc7)c6)c6cccc(-c7ccccc7)c6)ccc5-4)c4ccccc4-c4c3ccc3c4sc4ccccc43)c2)cc1. The van der Waals surface area contributed by atoms with E-state index in [1.165, 1.54) is 109 Å². The van der Waals surface area contributed by atoms with Crippen LogP contribution in [0.2, 0.25) is 0 Å². The molecule has 0 N–H and O–H groups in total. The molecule has 0 aliphatic heterocycles. The van der Waals surface area contributed by atoms with Gasteiger partial charge in [0.1, 0.15) is 0 Å². The number of hydrogen-bond donors (Lipinski definition) is 0. The van der Waals surface area contributed by atoms with Gasteiger partial charge in [0.15, 0.2) is 0 Å². The van der Waals surface area contributed by atoms with E-state index in [4.69, 9.17) is 0 Å². The minimum Gasteiger partial charge on any atom is -0.310 e. The van der Waals surface area contributed by atoms with E-state index in [2.05, 4.69) is 325 Å². The van der Waals surface area contributed by atoms with Crippen LogP contribution in [0, 0.1) is 0 Å². The van der Waals surface area contributed by atoms with Crippen molar-refractivity contribution >= 4 is 65.6 Å². The van der Waals surface area contributed by atoms with Gasteiger partial charge in [-0.25, -0.2) is 0 Å². The van der Waals surface area contributed by atoms with Crippen LogP contribution in [-0.2, 0) is 5.41 Å². The van der Waals surface area contributed by atoms with Gasteiger partial charge in [-0.05, 0) is 162 Å². The zero-order chi connectivity index (χ0) is 54.1. The molecule has 1 spiro atoms. The Morgan fingerprint density at radius 1 is 0.232 bits per heavy atom. The molecular formula is C79H52N2S. The molecule has 0 amide bonds. The Balaban J connectivity index is 0.961. The molecule has 0 radical (unpaired) electrons. The predicted octanol–water partition coefficient (Wildman–Crippen LogP) is 22.0. The van der Waals surface area contributed by atoms with Crippen molar-refractivity contribution in [2.24, 2.45) is 0 Å². The summed E-state index contributed by atoms with van der Waals surface area (Å²) in [6.07, 6.45) is 0. The molecule has 13 aromatic carbocycles.